The first-order valence-corrected chi connectivity index (χ1v) is 8.42. The van der Waals surface area contributed by atoms with E-state index >= 15 is 0 Å². The highest BCUT2D eigenvalue weighted by atomic mass is 32.2. The van der Waals surface area contributed by atoms with Gasteiger partial charge in [0, 0.05) is 18.8 Å². The zero-order chi connectivity index (χ0) is 13.8. The molecule has 6 heteroatoms. The third-order valence-electron chi connectivity index (χ3n) is 2.85. The SMILES string of the molecule is CC(C)Oc1c(N2CCCSCC2)sc(C#N)c1N. The van der Waals surface area contributed by atoms with Gasteiger partial charge in [-0.05, 0) is 26.0 Å². The van der Waals surface area contributed by atoms with E-state index in [1.165, 1.54) is 17.1 Å². The zero-order valence-electron chi connectivity index (χ0n) is 11.3. The second-order valence-corrected chi connectivity index (χ2v) is 6.93. The number of rotatable bonds is 3. The summed E-state index contributed by atoms with van der Waals surface area (Å²) in [6.07, 6.45) is 1.22. The number of thiophene rings is 1. The van der Waals surface area contributed by atoms with Crippen molar-refractivity contribution in [2.75, 3.05) is 35.2 Å². The van der Waals surface area contributed by atoms with Gasteiger partial charge in [-0.2, -0.15) is 17.0 Å². The van der Waals surface area contributed by atoms with Crippen LogP contribution < -0.4 is 15.4 Å². The minimum atomic E-state index is 0.0588. The van der Waals surface area contributed by atoms with Gasteiger partial charge in [0.2, 0.25) is 0 Å². The van der Waals surface area contributed by atoms with Gasteiger partial charge in [-0.3, -0.25) is 0 Å². The lowest BCUT2D eigenvalue weighted by molar-refractivity contribution is 0.245. The normalized spacial score (nSPS) is 16.2. The lowest BCUT2D eigenvalue weighted by Crippen LogP contribution is -2.25. The van der Waals surface area contributed by atoms with Gasteiger partial charge in [0.05, 0.1) is 6.10 Å². The molecular formula is C13H19N3OS2. The Morgan fingerprint density at radius 3 is 2.84 bits per heavy atom. The van der Waals surface area contributed by atoms with Crippen LogP contribution >= 0.6 is 23.1 Å². The standard InChI is InChI=1S/C13H19N3OS2/c1-9(2)17-12-11(15)10(8-14)19-13(12)16-4-3-6-18-7-5-16/h9H,3-7,15H2,1-2H3. The molecule has 19 heavy (non-hydrogen) atoms. The Balaban J connectivity index is 2.34. The fourth-order valence-corrected chi connectivity index (χ4v) is 3.90. The van der Waals surface area contributed by atoms with Crippen LogP contribution in [-0.2, 0) is 0 Å². The van der Waals surface area contributed by atoms with Crippen molar-refractivity contribution in [2.24, 2.45) is 0 Å². The van der Waals surface area contributed by atoms with E-state index in [0.29, 0.717) is 16.3 Å². The molecule has 1 aliphatic rings. The Kier molecular flexibility index (Phi) is 4.83. The maximum Gasteiger partial charge on any atom is 0.178 e. The summed E-state index contributed by atoms with van der Waals surface area (Å²) in [7, 11) is 0. The van der Waals surface area contributed by atoms with Crippen molar-refractivity contribution in [1.82, 2.24) is 0 Å². The predicted molar refractivity (Wildman–Crippen MR) is 83.4 cm³/mol. The topological polar surface area (TPSA) is 62.3 Å². The van der Waals surface area contributed by atoms with Crippen molar-refractivity contribution in [3.63, 3.8) is 0 Å². The molecule has 0 aliphatic carbocycles. The van der Waals surface area contributed by atoms with Crippen molar-refractivity contribution in [3.05, 3.63) is 4.88 Å². The van der Waals surface area contributed by atoms with Gasteiger partial charge in [-0.1, -0.05) is 0 Å². The molecule has 0 spiro atoms. The van der Waals surface area contributed by atoms with Crippen molar-refractivity contribution in [3.8, 4) is 11.8 Å². The van der Waals surface area contributed by atoms with E-state index < -0.39 is 0 Å². The van der Waals surface area contributed by atoms with Gasteiger partial charge in [0.15, 0.2) is 5.75 Å². The molecule has 1 fully saturated rings. The quantitative estimate of drug-likeness (QED) is 0.929. The summed E-state index contributed by atoms with van der Waals surface area (Å²) < 4.78 is 5.84. The molecule has 0 atom stereocenters. The monoisotopic (exact) mass is 297 g/mol. The van der Waals surface area contributed by atoms with E-state index in [9.17, 15) is 0 Å². The molecular weight excluding hydrogens is 278 g/mol. The average Bonchev–Trinajstić information content (AvgIpc) is 2.60. The lowest BCUT2D eigenvalue weighted by atomic mass is 10.3. The highest BCUT2D eigenvalue weighted by molar-refractivity contribution is 7.99. The van der Waals surface area contributed by atoms with Crippen molar-refractivity contribution < 1.29 is 4.74 Å². The van der Waals surface area contributed by atoms with Crippen LogP contribution in [0.2, 0.25) is 0 Å². The maximum absolute atomic E-state index is 9.15. The first-order valence-electron chi connectivity index (χ1n) is 6.45. The number of ether oxygens (including phenoxy) is 1. The number of nitrogen functional groups attached to an aromatic ring is 1. The Bertz CT molecular complexity index is 471. The van der Waals surface area contributed by atoms with Crippen LogP contribution in [0, 0.1) is 11.3 Å². The first-order chi connectivity index (χ1) is 9.13. The molecule has 0 amide bonds. The van der Waals surface area contributed by atoms with Gasteiger partial charge in [-0.25, -0.2) is 0 Å². The maximum atomic E-state index is 9.15. The van der Waals surface area contributed by atoms with Gasteiger partial charge in [0.1, 0.15) is 21.6 Å². The van der Waals surface area contributed by atoms with Gasteiger partial charge in [0.25, 0.3) is 0 Å². The molecule has 0 saturated carbocycles. The fraction of sp³-hybridized carbons (Fsp3) is 0.615. The summed E-state index contributed by atoms with van der Waals surface area (Å²) in [5.41, 5.74) is 6.53. The highest BCUT2D eigenvalue weighted by Crippen LogP contribution is 2.45. The molecule has 1 saturated heterocycles. The van der Waals surface area contributed by atoms with E-state index in [2.05, 4.69) is 11.0 Å². The molecule has 0 bridgehead atoms. The third-order valence-corrected chi connectivity index (χ3v) is 5.05. The van der Waals surface area contributed by atoms with Crippen molar-refractivity contribution >= 4 is 33.8 Å². The minimum Gasteiger partial charge on any atom is -0.486 e. The van der Waals surface area contributed by atoms with Crippen molar-refractivity contribution in [1.29, 1.82) is 5.26 Å². The summed E-state index contributed by atoms with van der Waals surface area (Å²) in [5.74, 6) is 3.01. The molecule has 2 heterocycles. The van der Waals surface area contributed by atoms with Crippen LogP contribution in [0.4, 0.5) is 10.7 Å². The van der Waals surface area contributed by atoms with Crippen LogP contribution in [0.3, 0.4) is 0 Å². The summed E-state index contributed by atoms with van der Waals surface area (Å²) in [5, 5.41) is 10.2. The fourth-order valence-electron chi connectivity index (χ4n) is 2.01. The number of hydrogen-bond donors (Lipinski definition) is 1. The molecule has 4 nitrogen and oxygen atoms in total. The number of nitriles is 1. The average molecular weight is 297 g/mol. The van der Waals surface area contributed by atoms with E-state index in [4.69, 9.17) is 15.7 Å². The van der Waals surface area contributed by atoms with Crippen LogP contribution in [0.1, 0.15) is 25.1 Å². The number of nitrogens with zero attached hydrogens (tertiary/aromatic N) is 2. The van der Waals surface area contributed by atoms with Gasteiger partial charge in [-0.15, -0.1) is 11.3 Å². The van der Waals surface area contributed by atoms with E-state index in [1.807, 2.05) is 25.6 Å². The predicted octanol–water partition coefficient (Wildman–Crippen LogP) is 2.93. The molecule has 104 valence electrons. The number of hydrogen-bond acceptors (Lipinski definition) is 6. The molecule has 2 rings (SSSR count). The first kappa shape index (κ1) is 14.4. The summed E-state index contributed by atoms with van der Waals surface area (Å²) in [6.45, 7) is 5.95. The third kappa shape index (κ3) is 3.28. The number of anilines is 2. The molecule has 2 N–H and O–H groups in total. The van der Waals surface area contributed by atoms with Crippen LogP contribution in [0.15, 0.2) is 0 Å². The lowest BCUT2D eigenvalue weighted by Gasteiger charge is -2.22. The summed E-state index contributed by atoms with van der Waals surface area (Å²) in [6, 6.07) is 2.17. The highest BCUT2D eigenvalue weighted by Gasteiger charge is 2.23. The second-order valence-electron chi connectivity index (χ2n) is 4.71. The molecule has 1 aromatic heterocycles. The second kappa shape index (κ2) is 6.40. The Hall–Kier alpha value is -1.06. The molecule has 0 radical (unpaired) electrons. The molecule has 1 aromatic rings. The van der Waals surface area contributed by atoms with Gasteiger partial charge >= 0.3 is 0 Å². The van der Waals surface area contributed by atoms with Crippen LogP contribution in [-0.4, -0.2) is 30.7 Å². The van der Waals surface area contributed by atoms with E-state index in [0.717, 1.165) is 30.3 Å². The Morgan fingerprint density at radius 2 is 2.16 bits per heavy atom. The van der Waals surface area contributed by atoms with Crippen LogP contribution in [0.5, 0.6) is 5.75 Å². The zero-order valence-corrected chi connectivity index (χ0v) is 12.9. The number of thioether (sulfide) groups is 1. The Labute approximate surface area is 122 Å². The Morgan fingerprint density at radius 1 is 1.37 bits per heavy atom. The summed E-state index contributed by atoms with van der Waals surface area (Å²) in [4.78, 5) is 2.86. The minimum absolute atomic E-state index is 0.0588. The molecule has 0 unspecified atom stereocenters. The smallest absolute Gasteiger partial charge is 0.178 e. The van der Waals surface area contributed by atoms with Gasteiger partial charge < -0.3 is 15.4 Å². The van der Waals surface area contributed by atoms with Crippen molar-refractivity contribution in [2.45, 2.75) is 26.4 Å². The summed E-state index contributed by atoms with van der Waals surface area (Å²) >= 11 is 3.43. The van der Waals surface area contributed by atoms with Crippen LogP contribution in [0.25, 0.3) is 0 Å². The largest absolute Gasteiger partial charge is 0.486 e. The number of nitrogens with two attached hydrogens (primary N) is 1. The van der Waals surface area contributed by atoms with E-state index in [-0.39, 0.29) is 6.10 Å². The molecule has 1 aliphatic heterocycles. The van der Waals surface area contributed by atoms with E-state index in [1.54, 1.807) is 0 Å². The molecule has 0 aromatic carbocycles.